The minimum absolute atomic E-state index is 0.0201. The lowest BCUT2D eigenvalue weighted by Crippen LogP contribution is -2.37. The molecule has 3 rings (SSSR count). The van der Waals surface area contributed by atoms with Gasteiger partial charge in [0, 0.05) is 20.6 Å². The lowest BCUT2D eigenvalue weighted by molar-refractivity contribution is 0.101. The first-order valence-corrected chi connectivity index (χ1v) is 11.3. The Labute approximate surface area is 185 Å². The van der Waals surface area contributed by atoms with Gasteiger partial charge >= 0.3 is 6.09 Å². The van der Waals surface area contributed by atoms with E-state index in [1.54, 1.807) is 19.0 Å². The van der Waals surface area contributed by atoms with Crippen LogP contribution in [0.4, 0.5) is 4.79 Å². The van der Waals surface area contributed by atoms with Crippen molar-refractivity contribution in [3.8, 4) is 5.75 Å². The largest absolute Gasteiger partial charge is 0.489 e. The highest BCUT2D eigenvalue weighted by atomic mass is 16.6. The Balaban J connectivity index is 1.65. The number of nitrogens with zero attached hydrogens (tertiary/aromatic N) is 3. The Bertz CT molecular complexity index is 785. The number of hydrogen-bond acceptors (Lipinski definition) is 7. The van der Waals surface area contributed by atoms with Crippen LogP contribution in [0.3, 0.4) is 0 Å². The van der Waals surface area contributed by atoms with Crippen LogP contribution in [0, 0.1) is 12.8 Å². The highest BCUT2D eigenvalue weighted by molar-refractivity contribution is 5.68. The van der Waals surface area contributed by atoms with Crippen molar-refractivity contribution in [2.75, 3.05) is 27.2 Å². The van der Waals surface area contributed by atoms with Crippen LogP contribution >= 0.6 is 0 Å². The van der Waals surface area contributed by atoms with Crippen molar-refractivity contribution < 1.29 is 14.3 Å². The van der Waals surface area contributed by atoms with Gasteiger partial charge < -0.3 is 25.1 Å². The first-order valence-electron chi connectivity index (χ1n) is 11.3. The molecule has 1 aromatic rings. The molecule has 0 aromatic carbocycles. The van der Waals surface area contributed by atoms with E-state index in [9.17, 15) is 4.79 Å². The zero-order valence-corrected chi connectivity index (χ0v) is 19.1. The number of carbonyl (C=O) groups is 1. The SMILES string of the molecule is Cc1nc(/C(N)=C(\COC(=O)N(C)CC2CCC2)N(C)N)ccc1OC1CCCCC1. The normalized spacial score (nSPS) is 18.1. The maximum absolute atomic E-state index is 12.3. The Morgan fingerprint density at radius 1 is 1.13 bits per heavy atom. The van der Waals surface area contributed by atoms with Crippen LogP contribution in [0.5, 0.6) is 5.75 Å². The van der Waals surface area contributed by atoms with E-state index >= 15 is 0 Å². The standard InChI is InChI=1S/C23H37N5O3/c1-16-21(31-18-10-5-4-6-11-18)13-12-19(26-16)22(24)20(28(3)25)15-30-23(29)27(2)14-17-8-7-9-17/h12-13,17-18H,4-11,14-15,24-25H2,1-3H3/b22-20-. The van der Waals surface area contributed by atoms with Crippen molar-refractivity contribution in [3.63, 3.8) is 0 Å². The van der Waals surface area contributed by atoms with Crippen LogP contribution in [0.15, 0.2) is 17.8 Å². The number of hydrogen-bond donors (Lipinski definition) is 2. The van der Waals surface area contributed by atoms with E-state index in [0.29, 0.717) is 23.0 Å². The summed E-state index contributed by atoms with van der Waals surface area (Å²) in [4.78, 5) is 18.6. The molecule has 0 radical (unpaired) electrons. The number of nitrogens with two attached hydrogens (primary N) is 2. The molecule has 2 aliphatic carbocycles. The fourth-order valence-electron chi connectivity index (χ4n) is 4.08. The van der Waals surface area contributed by atoms with E-state index < -0.39 is 0 Å². The number of rotatable bonds is 8. The Kier molecular flexibility index (Phi) is 8.01. The van der Waals surface area contributed by atoms with Crippen molar-refractivity contribution in [3.05, 3.63) is 29.2 Å². The van der Waals surface area contributed by atoms with E-state index in [2.05, 4.69) is 4.98 Å². The monoisotopic (exact) mass is 431 g/mol. The number of carbonyl (C=O) groups excluding carboxylic acids is 1. The summed E-state index contributed by atoms with van der Waals surface area (Å²) in [5, 5.41) is 1.37. The predicted octanol–water partition coefficient (Wildman–Crippen LogP) is 3.40. The molecule has 0 unspecified atom stereocenters. The third-order valence-corrected chi connectivity index (χ3v) is 6.30. The van der Waals surface area contributed by atoms with Crippen molar-refractivity contribution in [1.82, 2.24) is 14.9 Å². The van der Waals surface area contributed by atoms with Crippen LogP contribution in [0.2, 0.25) is 0 Å². The molecule has 8 heteroatoms. The average Bonchev–Trinajstić information content (AvgIpc) is 2.72. The van der Waals surface area contributed by atoms with Gasteiger partial charge in [-0.1, -0.05) is 12.8 Å². The number of amides is 1. The molecule has 2 aliphatic rings. The van der Waals surface area contributed by atoms with E-state index in [1.165, 1.54) is 43.5 Å². The molecule has 4 N–H and O–H groups in total. The molecule has 0 atom stereocenters. The fraction of sp³-hybridized carbons (Fsp3) is 0.652. The summed E-state index contributed by atoms with van der Waals surface area (Å²) in [6, 6.07) is 3.74. The van der Waals surface area contributed by atoms with Gasteiger partial charge in [-0.15, -0.1) is 0 Å². The summed E-state index contributed by atoms with van der Waals surface area (Å²) in [6.45, 7) is 2.61. The summed E-state index contributed by atoms with van der Waals surface area (Å²) in [5.74, 6) is 7.35. The summed E-state index contributed by atoms with van der Waals surface area (Å²) in [7, 11) is 3.43. The molecule has 1 heterocycles. The first-order chi connectivity index (χ1) is 14.8. The summed E-state index contributed by atoms with van der Waals surface area (Å²) in [6.07, 6.45) is 9.36. The van der Waals surface area contributed by atoms with E-state index in [-0.39, 0.29) is 18.8 Å². The molecule has 31 heavy (non-hydrogen) atoms. The Morgan fingerprint density at radius 3 is 2.42 bits per heavy atom. The minimum atomic E-state index is -0.376. The number of hydrazine groups is 1. The zero-order valence-electron chi connectivity index (χ0n) is 19.1. The molecule has 0 aliphatic heterocycles. The van der Waals surface area contributed by atoms with Crippen LogP contribution in [0.1, 0.15) is 62.8 Å². The molecule has 2 saturated carbocycles. The smallest absolute Gasteiger partial charge is 0.409 e. The van der Waals surface area contributed by atoms with Gasteiger partial charge in [0.2, 0.25) is 0 Å². The Hall–Kier alpha value is -2.48. The fourth-order valence-corrected chi connectivity index (χ4v) is 4.08. The number of likely N-dealkylation sites (N-methyl/N-ethyl adjacent to an activating group) is 1. The van der Waals surface area contributed by atoms with Crippen LogP contribution in [0.25, 0.3) is 5.70 Å². The van der Waals surface area contributed by atoms with Crippen molar-refractivity contribution in [2.45, 2.75) is 64.4 Å². The third-order valence-electron chi connectivity index (χ3n) is 6.30. The molecule has 8 nitrogen and oxygen atoms in total. The number of aryl methyl sites for hydroxylation is 1. The minimum Gasteiger partial charge on any atom is -0.489 e. The molecule has 0 saturated heterocycles. The molecule has 1 aromatic heterocycles. The second-order valence-corrected chi connectivity index (χ2v) is 8.86. The molecule has 0 bridgehead atoms. The highest BCUT2D eigenvalue weighted by Crippen LogP contribution is 2.28. The van der Waals surface area contributed by atoms with Gasteiger partial charge in [0.05, 0.1) is 28.9 Å². The number of ether oxygens (including phenoxy) is 2. The van der Waals surface area contributed by atoms with E-state index in [4.69, 9.17) is 21.1 Å². The first kappa shape index (κ1) is 23.2. The van der Waals surface area contributed by atoms with Gasteiger partial charge in [-0.25, -0.2) is 15.6 Å². The number of pyridine rings is 1. The number of aromatic nitrogens is 1. The van der Waals surface area contributed by atoms with Gasteiger partial charge in [0.25, 0.3) is 0 Å². The van der Waals surface area contributed by atoms with Crippen LogP contribution in [-0.2, 0) is 4.74 Å². The topological polar surface area (TPSA) is 107 Å². The molecule has 0 spiro atoms. The highest BCUT2D eigenvalue weighted by Gasteiger charge is 2.23. The van der Waals surface area contributed by atoms with Crippen LogP contribution < -0.4 is 16.3 Å². The molecule has 172 valence electrons. The quantitative estimate of drug-likeness (QED) is 0.480. The third kappa shape index (κ3) is 6.26. The molecular formula is C23H37N5O3. The van der Waals surface area contributed by atoms with Crippen molar-refractivity contribution in [1.29, 1.82) is 0 Å². The summed E-state index contributed by atoms with van der Waals surface area (Å²) < 4.78 is 11.6. The predicted molar refractivity (Wildman–Crippen MR) is 121 cm³/mol. The summed E-state index contributed by atoms with van der Waals surface area (Å²) in [5.41, 5.74) is 8.61. The van der Waals surface area contributed by atoms with Gasteiger partial charge in [0.15, 0.2) is 0 Å². The molecule has 1 amide bonds. The van der Waals surface area contributed by atoms with Gasteiger partial charge in [-0.2, -0.15) is 0 Å². The molecule has 2 fully saturated rings. The van der Waals surface area contributed by atoms with Crippen molar-refractivity contribution >= 4 is 11.8 Å². The zero-order chi connectivity index (χ0) is 22.4. The Morgan fingerprint density at radius 2 is 1.84 bits per heavy atom. The second-order valence-electron chi connectivity index (χ2n) is 8.86. The van der Waals surface area contributed by atoms with Gasteiger partial charge in [-0.05, 0) is 63.5 Å². The lowest BCUT2D eigenvalue weighted by Gasteiger charge is -2.30. The summed E-state index contributed by atoms with van der Waals surface area (Å²) >= 11 is 0. The average molecular weight is 432 g/mol. The van der Waals surface area contributed by atoms with Gasteiger partial charge in [0.1, 0.15) is 12.4 Å². The maximum atomic E-state index is 12.3. The lowest BCUT2D eigenvalue weighted by atomic mass is 9.85. The maximum Gasteiger partial charge on any atom is 0.409 e. The van der Waals surface area contributed by atoms with E-state index in [0.717, 1.165) is 30.8 Å². The second kappa shape index (κ2) is 10.7. The van der Waals surface area contributed by atoms with Crippen LogP contribution in [-0.4, -0.2) is 54.3 Å². The van der Waals surface area contributed by atoms with E-state index in [1.807, 2.05) is 19.1 Å². The van der Waals surface area contributed by atoms with Gasteiger partial charge in [-0.3, -0.25) is 0 Å². The molecular weight excluding hydrogens is 394 g/mol. The van der Waals surface area contributed by atoms with Crippen molar-refractivity contribution in [2.24, 2.45) is 17.5 Å².